The number of methoxy groups -OCH3 is 4. The van der Waals surface area contributed by atoms with E-state index in [1.54, 1.807) is 52.4 Å². The Morgan fingerprint density at radius 3 is 1.26 bits per heavy atom. The van der Waals surface area contributed by atoms with Crippen molar-refractivity contribution in [3.63, 3.8) is 0 Å². The first-order valence-corrected chi connectivity index (χ1v) is 29.2. The number of nitrogens with zero attached hydrogens (tertiary/aromatic N) is 9. The van der Waals surface area contributed by atoms with Crippen LogP contribution in [0.5, 0.6) is 23.5 Å². The number of hydrogen-bond acceptors (Lipinski definition) is 22. The molecule has 6 aromatic rings. The molecule has 6 aromatic heterocycles. The molecule has 0 saturated carbocycles. The number of pyridine rings is 6. The molecule has 0 unspecified atom stereocenters. The fraction of sp³-hybridized carbons (Fsp3) is 0.417. The molecule has 4 fully saturated rings. The third-order valence-corrected chi connectivity index (χ3v) is 14.6. The quantitative estimate of drug-likeness (QED) is 0.0557. The number of nitrogens with one attached hydrogen (secondary N) is 2. The van der Waals surface area contributed by atoms with Gasteiger partial charge in [0, 0.05) is 60.4 Å². The second-order valence-corrected chi connectivity index (χ2v) is 22.9. The maximum Gasteiger partial charge on any atom is 0.420 e. The number of urea groups is 1. The maximum atomic E-state index is 13.2. The van der Waals surface area contributed by atoms with Gasteiger partial charge in [-0.15, -0.1) is 0 Å². The fourth-order valence-corrected chi connectivity index (χ4v) is 9.93. The first kappa shape index (κ1) is 76.9. The van der Waals surface area contributed by atoms with Crippen LogP contribution in [-0.2, 0) is 54.9 Å². The van der Waals surface area contributed by atoms with Crippen LogP contribution in [0, 0.1) is 0 Å². The van der Waals surface area contributed by atoms with Crippen LogP contribution in [0.15, 0.2) is 79.3 Å². The van der Waals surface area contributed by atoms with Crippen LogP contribution in [0.4, 0.5) is 86.2 Å². The molecule has 27 nitrogen and oxygen atoms in total. The van der Waals surface area contributed by atoms with Gasteiger partial charge in [0.05, 0.1) is 103 Å². The molecule has 10 rings (SSSR count). The van der Waals surface area contributed by atoms with Crippen molar-refractivity contribution >= 4 is 64.4 Å². The first-order chi connectivity index (χ1) is 46.5. The molecule has 0 aromatic carbocycles. The molecule has 100 heavy (non-hydrogen) atoms. The molecule has 4 aliphatic rings. The molecule has 10 heterocycles. The Morgan fingerprint density at radius 1 is 0.540 bits per heavy atom. The summed E-state index contributed by atoms with van der Waals surface area (Å²) < 4.78 is 200. The second-order valence-electron chi connectivity index (χ2n) is 22.6. The largest absolute Gasteiger partial charge is 0.481 e. The fourth-order valence-electron chi connectivity index (χ4n) is 9.70. The van der Waals surface area contributed by atoms with Gasteiger partial charge < -0.3 is 53.3 Å². The third-order valence-electron chi connectivity index (χ3n) is 14.5. The highest BCUT2D eigenvalue weighted by Gasteiger charge is 2.49. The summed E-state index contributed by atoms with van der Waals surface area (Å²) in [5.74, 6) is -1.04. The summed E-state index contributed by atoms with van der Waals surface area (Å²) in [5.41, 5.74) is -4.05. The van der Waals surface area contributed by atoms with Gasteiger partial charge in [-0.3, -0.25) is 14.8 Å². The zero-order valence-corrected chi connectivity index (χ0v) is 54.6. The van der Waals surface area contributed by atoms with Crippen LogP contribution < -0.4 is 29.6 Å². The molecular weight excluding hydrogens is 1390 g/mol. The van der Waals surface area contributed by atoms with Crippen molar-refractivity contribution in [3.05, 3.63) is 130 Å². The van der Waals surface area contributed by atoms with E-state index in [1.165, 1.54) is 42.1 Å². The van der Waals surface area contributed by atoms with Crippen molar-refractivity contribution in [2.75, 3.05) is 28.4 Å². The van der Waals surface area contributed by atoms with Gasteiger partial charge in [-0.2, -0.15) is 52.7 Å². The Balaban J connectivity index is 0.000000191. The molecular formula is C60H58ClF12N11O16. The van der Waals surface area contributed by atoms with Gasteiger partial charge >= 0.3 is 66.6 Å². The van der Waals surface area contributed by atoms with E-state index in [2.05, 4.69) is 40.5 Å². The van der Waals surface area contributed by atoms with Gasteiger partial charge in [0.2, 0.25) is 23.5 Å². The molecule has 0 spiro atoms. The average molecular weight is 1450 g/mol. The van der Waals surface area contributed by atoms with Crippen LogP contribution >= 0.6 is 11.6 Å². The smallest absolute Gasteiger partial charge is 0.420 e. The Labute approximate surface area is 562 Å². The Morgan fingerprint density at radius 2 is 0.910 bits per heavy atom. The number of halogens is 13. The van der Waals surface area contributed by atoms with Gasteiger partial charge in [-0.05, 0) is 96.5 Å². The minimum atomic E-state index is -4.66. The molecule has 4 saturated heterocycles. The highest BCUT2D eigenvalue weighted by molar-refractivity contribution is 6.64. The SMILES string of the molecule is COc1cc(C(F)(F)F)cc([C@H]2OC(=O)N(C(=O)Cl)[C@H]2C)n1.COc1cc(C(F)(F)F)cc([C@H]2OC(=O)N(C(=O)NCc3cncc4cccnc34)[C@H]2C)n1.COc1cc(C(F)(F)F)cc([C@H]2OC(=O)N(C(=O)OC(C)(C)C)[C@H]2C)n1.COc1cc(C(F)(F)F)cc([C@H]2OC(=O)N[C@H]2C)n1. The van der Waals surface area contributed by atoms with E-state index in [-0.39, 0.29) is 52.8 Å². The molecule has 0 bridgehead atoms. The number of rotatable bonds is 10. The van der Waals surface area contributed by atoms with Crippen LogP contribution in [0.25, 0.3) is 10.9 Å². The van der Waals surface area contributed by atoms with E-state index >= 15 is 0 Å². The number of cyclic esters (lactones) is 4. The Bertz CT molecular complexity index is 4050. The molecule has 0 radical (unpaired) electrons. The molecule has 0 aliphatic carbocycles. The summed E-state index contributed by atoms with van der Waals surface area (Å²) in [5, 5.41) is 4.74. The number of ether oxygens (including phenoxy) is 9. The first-order valence-electron chi connectivity index (χ1n) is 28.9. The van der Waals surface area contributed by atoms with Crippen molar-refractivity contribution < 1.29 is 129 Å². The normalized spacial score (nSPS) is 20.6. The Kier molecular flexibility index (Phi) is 23.3. The van der Waals surface area contributed by atoms with E-state index in [4.69, 9.17) is 54.2 Å². The summed E-state index contributed by atoms with van der Waals surface area (Å²) in [6, 6.07) is 5.68. The lowest BCUT2D eigenvalue weighted by atomic mass is 10.1. The number of carbonyl (C=O) groups excluding carboxylic acids is 7. The number of fused-ring (bicyclic) bond motifs is 1. The molecule has 8 atom stereocenters. The van der Waals surface area contributed by atoms with E-state index in [9.17, 15) is 86.2 Å². The summed E-state index contributed by atoms with van der Waals surface area (Å²) in [4.78, 5) is 109. The van der Waals surface area contributed by atoms with Gasteiger partial charge in [0.1, 0.15) is 5.60 Å². The van der Waals surface area contributed by atoms with Crippen molar-refractivity contribution in [2.24, 2.45) is 0 Å². The Hall–Kier alpha value is -10.5. The standard InChI is InChI=1S/C21H18F3N5O4.C16H19F3N2O5.C12H10ClF3N2O4.C11H11F3N2O3/c1-11-18(15-6-14(21(22,23)24)7-16(28-15)32-2)33-20(31)29(11)19(30)27-10-13-9-25-8-12-4-3-5-26-17(12)13;1-8-12(25-13(22)21(8)14(23)26-15(2,3)4)10-6-9(16(17,18)19)7-11(20-10)24-5;1-5-9(22-11(20)18(5)10(13)19)7-3-6(12(14,15)16)4-8(17-7)21-2;1-5-9(19-10(17)15-5)7-3-6(11(12,13)14)4-8(16-7)18-2/h3-9,11,18H,10H2,1-2H3,(H,27,30);6-8,12H,1-5H3;3-5,9H,1-2H3;3-5,9H,1-2H3,(H,15,17)/t11-,18-;8-,12-;2*5-,9-/m0000/s1. The number of alkyl halides is 12. The summed E-state index contributed by atoms with van der Waals surface area (Å²) >= 11 is 5.25. The number of hydrogen-bond donors (Lipinski definition) is 2. The topological polar surface area (TPSA) is 314 Å². The van der Waals surface area contributed by atoms with E-state index in [1.807, 2.05) is 6.07 Å². The van der Waals surface area contributed by atoms with E-state index in [0.29, 0.717) is 20.9 Å². The lowest BCUT2D eigenvalue weighted by Crippen LogP contribution is -2.44. The van der Waals surface area contributed by atoms with Gasteiger partial charge in [-0.1, -0.05) is 0 Å². The molecule has 40 heteroatoms. The summed E-state index contributed by atoms with van der Waals surface area (Å²) in [7, 11) is 4.72. The minimum Gasteiger partial charge on any atom is -0.481 e. The van der Waals surface area contributed by atoms with Crippen LogP contribution in [0.1, 0.15) is 123 Å². The minimum absolute atomic E-state index is 0.00229. The lowest BCUT2D eigenvalue weighted by molar-refractivity contribution is -0.138. The molecule has 8 amide bonds. The highest BCUT2D eigenvalue weighted by atomic mass is 35.5. The maximum absolute atomic E-state index is 13.2. The number of aromatic nitrogens is 6. The summed E-state index contributed by atoms with van der Waals surface area (Å²) in [6.07, 6.45) is -22.8. The van der Waals surface area contributed by atoms with E-state index in [0.717, 1.165) is 65.9 Å². The van der Waals surface area contributed by atoms with Gasteiger partial charge in [0.25, 0.3) is 0 Å². The van der Waals surface area contributed by atoms with Crippen molar-refractivity contribution in [3.8, 4) is 23.5 Å². The van der Waals surface area contributed by atoms with Gasteiger partial charge in [0.15, 0.2) is 24.4 Å². The number of carbonyl (C=O) groups is 7. The number of imide groups is 3. The van der Waals surface area contributed by atoms with E-state index < -0.39 is 143 Å². The van der Waals surface area contributed by atoms with Crippen molar-refractivity contribution in [1.82, 2.24) is 55.2 Å². The number of amides is 8. The van der Waals surface area contributed by atoms with Crippen molar-refractivity contribution in [2.45, 2.75) is 134 Å². The lowest BCUT2D eigenvalue weighted by Gasteiger charge is -2.24. The molecule has 540 valence electrons. The van der Waals surface area contributed by atoms with Crippen LogP contribution in [0.3, 0.4) is 0 Å². The number of alkyl carbamates (subject to hydrolysis) is 1. The monoisotopic (exact) mass is 1450 g/mol. The predicted octanol–water partition coefficient (Wildman–Crippen LogP) is 13.4. The van der Waals surface area contributed by atoms with Crippen LogP contribution in [-0.4, -0.2) is 145 Å². The zero-order chi connectivity index (χ0) is 74.5. The average Bonchev–Trinajstić information content (AvgIpc) is 1.63. The predicted molar refractivity (Wildman–Crippen MR) is 316 cm³/mol. The third kappa shape index (κ3) is 18.4. The second kappa shape index (κ2) is 30.3. The highest BCUT2D eigenvalue weighted by Crippen LogP contribution is 2.42. The molecule has 4 aliphatic heterocycles. The zero-order valence-electron chi connectivity index (χ0n) is 53.8. The van der Waals surface area contributed by atoms with Gasteiger partial charge in [-0.25, -0.2) is 63.4 Å². The molecule has 2 N–H and O–H groups in total. The van der Waals surface area contributed by atoms with Crippen LogP contribution in [0.2, 0.25) is 0 Å². The van der Waals surface area contributed by atoms with Crippen molar-refractivity contribution in [1.29, 1.82) is 0 Å². The summed E-state index contributed by atoms with van der Waals surface area (Å²) in [6.45, 7) is 10.8.